The first-order valence-corrected chi connectivity index (χ1v) is 7.68. The van der Waals surface area contributed by atoms with E-state index in [1.807, 2.05) is 41.8 Å². The molecule has 1 aromatic heterocycles. The molecule has 0 aliphatic heterocycles. The number of nitrogens with zero attached hydrogens (tertiary/aromatic N) is 2. The monoisotopic (exact) mass is 279 g/mol. The van der Waals surface area contributed by atoms with Crippen molar-refractivity contribution in [3.8, 4) is 0 Å². The van der Waals surface area contributed by atoms with Gasteiger partial charge in [-0.1, -0.05) is 37.3 Å². The topological polar surface area (TPSA) is 78.0 Å². The molecule has 0 aliphatic carbocycles. The second-order valence-electron chi connectivity index (χ2n) is 4.32. The van der Waals surface area contributed by atoms with Crippen LogP contribution in [-0.4, -0.2) is 18.0 Å². The average molecular weight is 279 g/mol. The third-order valence-corrected chi connectivity index (χ3v) is 3.71. The summed E-state index contributed by atoms with van der Waals surface area (Å²) >= 11 is 0. The molecule has 0 amide bonds. The van der Waals surface area contributed by atoms with E-state index in [0.717, 1.165) is 12.2 Å². The van der Waals surface area contributed by atoms with Gasteiger partial charge in [0.15, 0.2) is 5.03 Å². The van der Waals surface area contributed by atoms with Crippen LogP contribution < -0.4 is 5.14 Å². The number of benzene rings is 1. The average Bonchev–Trinajstić information content (AvgIpc) is 2.81. The summed E-state index contributed by atoms with van der Waals surface area (Å²) in [6.45, 7) is 2.63. The van der Waals surface area contributed by atoms with Gasteiger partial charge in [0, 0.05) is 19.2 Å². The molecular weight excluding hydrogens is 262 g/mol. The maximum Gasteiger partial charge on any atom is 0.257 e. The molecule has 0 spiro atoms. The Bertz CT molecular complexity index is 648. The van der Waals surface area contributed by atoms with Gasteiger partial charge in [0.05, 0.1) is 0 Å². The summed E-state index contributed by atoms with van der Waals surface area (Å²) in [6, 6.07) is 10.0. The standard InChI is InChI=1S/C13H17N3O2S/c1-2-12-15-13(19(14,17)18)10-16(12)9-8-11-6-4-3-5-7-11/h3-7,10H,2,8-9H2,1H3,(H2,14,17,18). The van der Waals surface area contributed by atoms with Crippen molar-refractivity contribution in [1.29, 1.82) is 0 Å². The van der Waals surface area contributed by atoms with Crippen LogP contribution in [0.4, 0.5) is 0 Å². The van der Waals surface area contributed by atoms with Crippen molar-refractivity contribution in [2.45, 2.75) is 31.3 Å². The van der Waals surface area contributed by atoms with Crippen LogP contribution in [0.1, 0.15) is 18.3 Å². The Hall–Kier alpha value is -1.66. The zero-order valence-electron chi connectivity index (χ0n) is 10.8. The van der Waals surface area contributed by atoms with Crippen LogP contribution in [0.2, 0.25) is 0 Å². The minimum atomic E-state index is -3.73. The fourth-order valence-corrected chi connectivity index (χ4v) is 2.44. The van der Waals surface area contributed by atoms with E-state index in [-0.39, 0.29) is 5.03 Å². The summed E-state index contributed by atoms with van der Waals surface area (Å²) in [5.41, 5.74) is 1.20. The zero-order chi connectivity index (χ0) is 13.9. The number of aromatic nitrogens is 2. The molecule has 0 unspecified atom stereocenters. The quantitative estimate of drug-likeness (QED) is 0.897. The first-order chi connectivity index (χ1) is 9.00. The Morgan fingerprint density at radius 3 is 2.53 bits per heavy atom. The van der Waals surface area contributed by atoms with Crippen LogP contribution in [0.5, 0.6) is 0 Å². The van der Waals surface area contributed by atoms with E-state index in [1.54, 1.807) is 0 Å². The highest BCUT2D eigenvalue weighted by molar-refractivity contribution is 7.89. The van der Waals surface area contributed by atoms with E-state index in [2.05, 4.69) is 4.98 Å². The Balaban J connectivity index is 2.18. The molecule has 0 saturated heterocycles. The van der Waals surface area contributed by atoms with E-state index in [9.17, 15) is 8.42 Å². The third-order valence-electron chi connectivity index (χ3n) is 2.93. The molecule has 0 fully saturated rings. The molecule has 6 heteroatoms. The largest absolute Gasteiger partial charge is 0.333 e. The highest BCUT2D eigenvalue weighted by Crippen LogP contribution is 2.10. The van der Waals surface area contributed by atoms with Gasteiger partial charge >= 0.3 is 0 Å². The number of rotatable bonds is 5. The van der Waals surface area contributed by atoms with E-state index in [0.29, 0.717) is 13.0 Å². The lowest BCUT2D eigenvalue weighted by atomic mass is 10.1. The highest BCUT2D eigenvalue weighted by atomic mass is 32.2. The smallest absolute Gasteiger partial charge is 0.257 e. The molecule has 5 nitrogen and oxygen atoms in total. The van der Waals surface area contributed by atoms with E-state index < -0.39 is 10.0 Å². The lowest BCUT2D eigenvalue weighted by Crippen LogP contribution is -2.12. The number of nitrogens with two attached hydrogens (primary N) is 1. The summed E-state index contributed by atoms with van der Waals surface area (Å²) in [5, 5.41) is 5.04. The predicted molar refractivity (Wildman–Crippen MR) is 73.1 cm³/mol. The van der Waals surface area contributed by atoms with Crippen LogP contribution in [0, 0.1) is 0 Å². The number of aryl methyl sites for hydroxylation is 3. The summed E-state index contributed by atoms with van der Waals surface area (Å²) in [4.78, 5) is 4.06. The van der Waals surface area contributed by atoms with Crippen LogP contribution >= 0.6 is 0 Å². The minimum absolute atomic E-state index is 0.0580. The Kier molecular flexibility index (Phi) is 4.01. The van der Waals surface area contributed by atoms with Gasteiger partial charge in [-0.25, -0.2) is 18.5 Å². The van der Waals surface area contributed by atoms with Gasteiger partial charge in [0.2, 0.25) is 0 Å². The van der Waals surface area contributed by atoms with Crippen molar-refractivity contribution in [1.82, 2.24) is 9.55 Å². The number of hydrogen-bond donors (Lipinski definition) is 1. The molecule has 1 aromatic carbocycles. The van der Waals surface area contributed by atoms with Gasteiger partial charge < -0.3 is 4.57 Å². The molecule has 1 heterocycles. The van der Waals surface area contributed by atoms with Crippen molar-refractivity contribution < 1.29 is 8.42 Å². The highest BCUT2D eigenvalue weighted by Gasteiger charge is 2.15. The summed E-state index contributed by atoms with van der Waals surface area (Å²) < 4.78 is 24.4. The van der Waals surface area contributed by atoms with E-state index in [1.165, 1.54) is 11.8 Å². The van der Waals surface area contributed by atoms with Crippen molar-refractivity contribution in [3.63, 3.8) is 0 Å². The molecule has 2 aromatic rings. The molecule has 102 valence electrons. The molecule has 2 N–H and O–H groups in total. The lowest BCUT2D eigenvalue weighted by Gasteiger charge is -2.05. The fraction of sp³-hybridized carbons (Fsp3) is 0.308. The lowest BCUT2D eigenvalue weighted by molar-refractivity contribution is 0.594. The number of primary sulfonamides is 1. The van der Waals surface area contributed by atoms with E-state index in [4.69, 9.17) is 5.14 Å². The molecular formula is C13H17N3O2S. The number of hydrogen-bond acceptors (Lipinski definition) is 3. The molecule has 19 heavy (non-hydrogen) atoms. The van der Waals surface area contributed by atoms with Crippen molar-refractivity contribution in [3.05, 3.63) is 47.9 Å². The maximum absolute atomic E-state index is 11.3. The van der Waals surface area contributed by atoms with E-state index >= 15 is 0 Å². The third kappa shape index (κ3) is 3.42. The van der Waals surface area contributed by atoms with Gasteiger partial charge in [0.1, 0.15) is 5.82 Å². The van der Waals surface area contributed by atoms with Gasteiger partial charge in [-0.3, -0.25) is 0 Å². The van der Waals surface area contributed by atoms with Gasteiger partial charge in [-0.2, -0.15) is 0 Å². The molecule has 0 aliphatic rings. The minimum Gasteiger partial charge on any atom is -0.333 e. The van der Waals surface area contributed by atoms with Crippen LogP contribution in [0.15, 0.2) is 41.6 Å². The maximum atomic E-state index is 11.3. The molecule has 0 radical (unpaired) electrons. The SMILES string of the molecule is CCc1nc(S(N)(=O)=O)cn1CCc1ccccc1. The molecule has 0 bridgehead atoms. The first kappa shape index (κ1) is 13.8. The second-order valence-corrected chi connectivity index (χ2v) is 5.83. The van der Waals surface area contributed by atoms with Crippen LogP contribution in [0.3, 0.4) is 0 Å². The predicted octanol–water partition coefficient (Wildman–Crippen LogP) is 1.34. The zero-order valence-corrected chi connectivity index (χ0v) is 11.6. The van der Waals surface area contributed by atoms with Gasteiger partial charge in [-0.15, -0.1) is 0 Å². The van der Waals surface area contributed by atoms with Crippen molar-refractivity contribution >= 4 is 10.0 Å². The molecule has 2 rings (SSSR count). The van der Waals surface area contributed by atoms with Crippen molar-refractivity contribution in [2.24, 2.45) is 5.14 Å². The van der Waals surface area contributed by atoms with Gasteiger partial charge in [-0.05, 0) is 12.0 Å². The first-order valence-electron chi connectivity index (χ1n) is 6.13. The molecule has 0 saturated carbocycles. The van der Waals surface area contributed by atoms with Gasteiger partial charge in [0.25, 0.3) is 10.0 Å². The Labute approximate surface area is 113 Å². The normalized spacial score (nSPS) is 11.7. The summed E-state index contributed by atoms with van der Waals surface area (Å²) in [6.07, 6.45) is 3.01. The van der Waals surface area contributed by atoms with Crippen LogP contribution in [0.25, 0.3) is 0 Å². The summed E-state index contributed by atoms with van der Waals surface area (Å²) in [5.74, 6) is 0.736. The fourth-order valence-electron chi connectivity index (χ4n) is 1.94. The van der Waals surface area contributed by atoms with Crippen molar-refractivity contribution in [2.75, 3.05) is 0 Å². The second kappa shape index (κ2) is 5.54. The number of sulfonamides is 1. The molecule has 0 atom stereocenters. The van der Waals surface area contributed by atoms with Crippen LogP contribution in [-0.2, 0) is 29.4 Å². The Morgan fingerprint density at radius 1 is 1.26 bits per heavy atom. The summed E-state index contributed by atoms with van der Waals surface area (Å²) in [7, 11) is -3.73. The number of imidazole rings is 1. The Morgan fingerprint density at radius 2 is 1.95 bits per heavy atom.